The minimum atomic E-state index is -0.448. The lowest BCUT2D eigenvalue weighted by Gasteiger charge is -2.13. The zero-order valence-electron chi connectivity index (χ0n) is 12.1. The Morgan fingerprint density at radius 1 is 1.32 bits per heavy atom. The highest BCUT2D eigenvalue weighted by Crippen LogP contribution is 2.26. The number of amides is 1. The number of hydrogen-bond donors (Lipinski definition) is 1. The van der Waals surface area contributed by atoms with Gasteiger partial charge < -0.3 is 5.32 Å². The Labute approximate surface area is 132 Å². The third-order valence-corrected chi connectivity index (χ3v) is 4.12. The summed E-state index contributed by atoms with van der Waals surface area (Å²) in [6.07, 6.45) is 3.31. The van der Waals surface area contributed by atoms with Gasteiger partial charge in [0.1, 0.15) is 0 Å². The van der Waals surface area contributed by atoms with Crippen LogP contribution in [0.25, 0.3) is 0 Å². The van der Waals surface area contributed by atoms with Crippen LogP contribution in [-0.4, -0.2) is 21.1 Å². The van der Waals surface area contributed by atoms with E-state index in [9.17, 15) is 14.9 Å². The molecule has 0 bridgehead atoms. The first-order valence-corrected chi connectivity index (χ1v) is 7.48. The second-order valence-corrected chi connectivity index (χ2v) is 6.11. The van der Waals surface area contributed by atoms with E-state index in [-0.39, 0.29) is 16.8 Å². The van der Waals surface area contributed by atoms with Crippen LogP contribution in [0.1, 0.15) is 12.5 Å². The van der Waals surface area contributed by atoms with Crippen LogP contribution in [-0.2, 0) is 4.79 Å². The molecule has 22 heavy (non-hydrogen) atoms. The minimum Gasteiger partial charge on any atom is -0.325 e. The quantitative estimate of drug-likeness (QED) is 0.519. The van der Waals surface area contributed by atoms with E-state index in [4.69, 9.17) is 0 Å². The van der Waals surface area contributed by atoms with Crippen molar-refractivity contribution in [1.29, 1.82) is 0 Å². The Morgan fingerprint density at radius 3 is 2.59 bits per heavy atom. The van der Waals surface area contributed by atoms with Gasteiger partial charge in [-0.25, -0.2) is 0 Å². The third kappa shape index (κ3) is 4.05. The first-order chi connectivity index (χ1) is 10.5. The second-order valence-electron chi connectivity index (χ2n) is 4.69. The van der Waals surface area contributed by atoms with Crippen molar-refractivity contribution in [2.45, 2.75) is 24.0 Å². The number of nitro groups is 1. The van der Waals surface area contributed by atoms with Gasteiger partial charge in [-0.1, -0.05) is 0 Å². The van der Waals surface area contributed by atoms with Crippen molar-refractivity contribution in [2.24, 2.45) is 0 Å². The molecule has 0 aliphatic carbocycles. The molecule has 0 fully saturated rings. The van der Waals surface area contributed by atoms with Crippen LogP contribution in [0.3, 0.4) is 0 Å². The molecule has 0 aliphatic heterocycles. The van der Waals surface area contributed by atoms with E-state index in [0.29, 0.717) is 0 Å². The summed E-state index contributed by atoms with van der Waals surface area (Å²) in [4.78, 5) is 27.1. The zero-order chi connectivity index (χ0) is 16.1. The molecule has 1 aromatic heterocycles. The topological polar surface area (TPSA) is 85.1 Å². The van der Waals surface area contributed by atoms with Crippen LogP contribution in [0.5, 0.6) is 0 Å². The molecule has 114 valence electrons. The van der Waals surface area contributed by atoms with Gasteiger partial charge in [0.15, 0.2) is 0 Å². The summed E-state index contributed by atoms with van der Waals surface area (Å²) in [5, 5.41) is 13.1. The molecule has 6 nitrogen and oxygen atoms in total. The zero-order valence-corrected chi connectivity index (χ0v) is 13.0. The molecule has 0 saturated carbocycles. The number of nitrogens with one attached hydrogen (secondary N) is 1. The molecule has 1 heterocycles. The first-order valence-electron chi connectivity index (χ1n) is 6.60. The molecule has 1 atom stereocenters. The van der Waals surface area contributed by atoms with Gasteiger partial charge in [-0.3, -0.25) is 19.9 Å². The Kier molecular flexibility index (Phi) is 5.11. The summed E-state index contributed by atoms with van der Waals surface area (Å²) in [5.41, 5.74) is 1.66. The number of hydrogen-bond acceptors (Lipinski definition) is 5. The van der Waals surface area contributed by atoms with Crippen LogP contribution in [0, 0.1) is 17.0 Å². The average molecular weight is 317 g/mol. The molecule has 7 heteroatoms. The van der Waals surface area contributed by atoms with Gasteiger partial charge >= 0.3 is 0 Å². The van der Waals surface area contributed by atoms with Gasteiger partial charge in [0.2, 0.25) is 5.91 Å². The van der Waals surface area contributed by atoms with Gasteiger partial charge in [-0.05, 0) is 37.6 Å². The van der Waals surface area contributed by atoms with Crippen molar-refractivity contribution >= 4 is 29.0 Å². The molecular formula is C15H15N3O3S. The van der Waals surface area contributed by atoms with Gasteiger partial charge in [0.05, 0.1) is 10.2 Å². The molecule has 0 aliphatic rings. The number of nitrogens with zero attached hydrogens (tertiary/aromatic N) is 2. The molecule has 0 spiro atoms. The van der Waals surface area contributed by atoms with Gasteiger partial charge in [0.25, 0.3) is 5.69 Å². The number of benzene rings is 1. The number of aryl methyl sites for hydroxylation is 1. The number of anilines is 1. The summed E-state index contributed by atoms with van der Waals surface area (Å²) >= 11 is 1.35. The van der Waals surface area contributed by atoms with Crippen molar-refractivity contribution in [1.82, 2.24) is 4.98 Å². The monoisotopic (exact) mass is 317 g/mol. The molecular weight excluding hydrogens is 302 g/mol. The van der Waals surface area contributed by atoms with Gasteiger partial charge in [-0.15, -0.1) is 11.8 Å². The van der Waals surface area contributed by atoms with Crippen LogP contribution in [0.2, 0.25) is 0 Å². The summed E-state index contributed by atoms with van der Waals surface area (Å²) < 4.78 is 0. The fourth-order valence-electron chi connectivity index (χ4n) is 1.75. The lowest BCUT2D eigenvalue weighted by molar-refractivity contribution is -0.384. The maximum Gasteiger partial charge on any atom is 0.269 e. The highest BCUT2D eigenvalue weighted by atomic mass is 32.2. The maximum absolute atomic E-state index is 12.2. The number of pyridine rings is 1. The number of carbonyl (C=O) groups excluding carboxylic acids is 1. The Morgan fingerprint density at radius 2 is 2.00 bits per heavy atom. The van der Waals surface area contributed by atoms with Crippen LogP contribution >= 0.6 is 11.8 Å². The largest absolute Gasteiger partial charge is 0.325 e. The number of rotatable bonds is 5. The number of aromatic nitrogens is 1. The summed E-state index contributed by atoms with van der Waals surface area (Å²) in [7, 11) is 0. The van der Waals surface area contributed by atoms with Crippen molar-refractivity contribution in [2.75, 3.05) is 5.32 Å². The van der Waals surface area contributed by atoms with Gasteiger partial charge in [-0.2, -0.15) is 0 Å². The van der Waals surface area contributed by atoms with E-state index >= 15 is 0 Å². The number of carbonyl (C=O) groups is 1. The normalized spacial score (nSPS) is 11.7. The van der Waals surface area contributed by atoms with Crippen LogP contribution < -0.4 is 5.32 Å². The van der Waals surface area contributed by atoms with E-state index < -0.39 is 4.92 Å². The summed E-state index contributed by atoms with van der Waals surface area (Å²) in [5.74, 6) is -0.127. The van der Waals surface area contributed by atoms with Crippen LogP contribution in [0.4, 0.5) is 11.4 Å². The fraction of sp³-hybridized carbons (Fsp3) is 0.200. The van der Waals surface area contributed by atoms with Crippen molar-refractivity contribution in [3.63, 3.8) is 0 Å². The number of thioether (sulfide) groups is 1. The predicted molar refractivity (Wildman–Crippen MR) is 86.0 cm³/mol. The Hall–Kier alpha value is -2.41. The van der Waals surface area contributed by atoms with E-state index in [0.717, 1.165) is 16.1 Å². The summed E-state index contributed by atoms with van der Waals surface area (Å²) in [6.45, 7) is 3.66. The fourth-order valence-corrected chi connectivity index (χ4v) is 2.62. The molecule has 1 N–H and O–H groups in total. The van der Waals surface area contributed by atoms with E-state index in [2.05, 4.69) is 10.3 Å². The van der Waals surface area contributed by atoms with Gasteiger partial charge in [0, 0.05) is 35.1 Å². The summed E-state index contributed by atoms with van der Waals surface area (Å²) in [6, 6.07) is 7.89. The molecule has 0 radical (unpaired) electrons. The minimum absolute atomic E-state index is 0.0360. The van der Waals surface area contributed by atoms with Crippen molar-refractivity contribution in [3.05, 3.63) is 58.4 Å². The SMILES string of the molecule is Cc1cnccc1NC(=O)[C@@H](C)Sc1ccc([N+](=O)[O-])cc1. The lowest BCUT2D eigenvalue weighted by Crippen LogP contribution is -2.22. The van der Waals surface area contributed by atoms with Crippen LogP contribution in [0.15, 0.2) is 47.6 Å². The third-order valence-electron chi connectivity index (χ3n) is 3.01. The van der Waals surface area contributed by atoms with E-state index in [1.165, 1.54) is 23.9 Å². The van der Waals surface area contributed by atoms with Crippen molar-refractivity contribution in [3.8, 4) is 0 Å². The number of nitro benzene ring substituents is 1. The molecule has 0 saturated heterocycles. The predicted octanol–water partition coefficient (Wildman–Crippen LogP) is 3.42. The maximum atomic E-state index is 12.2. The molecule has 1 amide bonds. The van der Waals surface area contributed by atoms with E-state index in [1.54, 1.807) is 37.5 Å². The second kappa shape index (κ2) is 7.04. The first kappa shape index (κ1) is 16.0. The van der Waals surface area contributed by atoms with Crippen molar-refractivity contribution < 1.29 is 9.72 Å². The average Bonchev–Trinajstić information content (AvgIpc) is 2.50. The smallest absolute Gasteiger partial charge is 0.269 e. The Balaban J connectivity index is 1.99. The lowest BCUT2D eigenvalue weighted by atomic mass is 10.2. The molecule has 0 unspecified atom stereocenters. The highest BCUT2D eigenvalue weighted by molar-refractivity contribution is 8.00. The molecule has 1 aromatic carbocycles. The number of non-ortho nitro benzene ring substituents is 1. The molecule has 2 aromatic rings. The molecule has 2 rings (SSSR count). The van der Waals surface area contributed by atoms with E-state index in [1.807, 2.05) is 6.92 Å². The standard InChI is InChI=1S/C15H15N3O3S/c1-10-9-16-8-7-14(10)17-15(19)11(2)22-13-5-3-12(4-6-13)18(20)21/h3-9,11H,1-2H3,(H,16,17,19)/t11-/m1/s1. The highest BCUT2D eigenvalue weighted by Gasteiger charge is 2.16. The Bertz CT molecular complexity index is 689.